The summed E-state index contributed by atoms with van der Waals surface area (Å²) in [5, 5.41) is 11.2. The highest BCUT2D eigenvalue weighted by Gasteiger charge is 2.32. The Hall–Kier alpha value is -2.39. The third-order valence-corrected chi connectivity index (χ3v) is 4.81. The molecule has 2 aromatic rings. The largest absolute Gasteiger partial charge is 0.548 e. The normalized spacial score (nSPS) is 13.4. The topological polar surface area (TPSA) is 86.3 Å². The van der Waals surface area contributed by atoms with Crippen molar-refractivity contribution in [2.75, 3.05) is 0 Å². The van der Waals surface area contributed by atoms with Gasteiger partial charge < -0.3 is 9.90 Å². The lowest BCUT2D eigenvalue weighted by molar-refractivity contribution is -0.307. The Balaban J connectivity index is 2.27. The first-order chi connectivity index (χ1) is 11.6. The van der Waals surface area contributed by atoms with Crippen molar-refractivity contribution in [1.29, 1.82) is 0 Å². The molecule has 134 valence electrons. The Labute approximate surface area is 142 Å². The van der Waals surface area contributed by atoms with Gasteiger partial charge in [0.2, 0.25) is 10.0 Å². The van der Waals surface area contributed by atoms with Gasteiger partial charge in [-0.05, 0) is 30.2 Å². The van der Waals surface area contributed by atoms with Crippen molar-refractivity contribution in [3.8, 4) is 0 Å². The number of alkyl halides is 3. The molecule has 0 fully saturated rings. The van der Waals surface area contributed by atoms with Gasteiger partial charge in [-0.1, -0.05) is 36.4 Å². The lowest BCUT2D eigenvalue weighted by atomic mass is 10.1. The summed E-state index contributed by atoms with van der Waals surface area (Å²) in [6.45, 7) is 0. The highest BCUT2D eigenvalue weighted by molar-refractivity contribution is 7.89. The standard InChI is InChI=1S/C16H14F3NO4S/c17-16(18,19)12-7-4-8-13(10-12)25(23,24)20-14(15(21)22)9-11-5-2-1-3-6-11/h1-8,10,14,20H,9H2,(H,21,22)/p-1/t14-/m1/s1. The van der Waals surface area contributed by atoms with Crippen LogP contribution in [0.3, 0.4) is 0 Å². The number of carboxylic acid groups (broad SMARTS) is 1. The fourth-order valence-corrected chi connectivity index (χ4v) is 3.35. The Bertz CT molecular complexity index is 851. The predicted molar refractivity (Wildman–Crippen MR) is 80.7 cm³/mol. The summed E-state index contributed by atoms with van der Waals surface area (Å²) in [4.78, 5) is 10.5. The maximum atomic E-state index is 12.7. The number of carbonyl (C=O) groups is 1. The average molecular weight is 372 g/mol. The third kappa shape index (κ3) is 5.04. The number of hydrogen-bond acceptors (Lipinski definition) is 4. The van der Waals surface area contributed by atoms with Crippen LogP contribution in [-0.4, -0.2) is 20.4 Å². The van der Waals surface area contributed by atoms with Gasteiger partial charge in [0, 0.05) is 0 Å². The monoisotopic (exact) mass is 372 g/mol. The maximum Gasteiger partial charge on any atom is 0.416 e. The molecule has 0 aliphatic rings. The van der Waals surface area contributed by atoms with E-state index in [1.807, 2.05) is 4.72 Å². The summed E-state index contributed by atoms with van der Waals surface area (Å²) >= 11 is 0. The van der Waals surface area contributed by atoms with Gasteiger partial charge in [-0.2, -0.15) is 13.2 Å². The Morgan fingerprint density at radius 3 is 2.28 bits per heavy atom. The zero-order chi connectivity index (χ0) is 18.7. The molecule has 0 aliphatic heterocycles. The molecule has 0 aromatic heterocycles. The molecule has 0 amide bonds. The summed E-state index contributed by atoms with van der Waals surface area (Å²) in [5.41, 5.74) is -0.619. The molecule has 25 heavy (non-hydrogen) atoms. The van der Waals surface area contributed by atoms with Crippen molar-refractivity contribution in [3.63, 3.8) is 0 Å². The molecule has 0 unspecified atom stereocenters. The highest BCUT2D eigenvalue weighted by Crippen LogP contribution is 2.30. The van der Waals surface area contributed by atoms with Gasteiger partial charge in [0.1, 0.15) is 0 Å². The summed E-state index contributed by atoms with van der Waals surface area (Å²) in [6, 6.07) is 9.59. The van der Waals surface area contributed by atoms with Gasteiger partial charge in [0.15, 0.2) is 0 Å². The molecule has 5 nitrogen and oxygen atoms in total. The molecule has 2 aromatic carbocycles. The molecule has 0 saturated carbocycles. The molecule has 0 saturated heterocycles. The minimum atomic E-state index is -4.72. The highest BCUT2D eigenvalue weighted by atomic mass is 32.2. The second-order valence-electron chi connectivity index (χ2n) is 5.21. The van der Waals surface area contributed by atoms with E-state index in [-0.39, 0.29) is 6.42 Å². The fraction of sp³-hybridized carbons (Fsp3) is 0.188. The van der Waals surface area contributed by atoms with Crippen LogP contribution in [0.2, 0.25) is 0 Å². The van der Waals surface area contributed by atoms with Crippen molar-refractivity contribution in [2.24, 2.45) is 0 Å². The van der Waals surface area contributed by atoms with Crippen molar-refractivity contribution in [3.05, 3.63) is 65.7 Å². The van der Waals surface area contributed by atoms with Gasteiger partial charge in [0.25, 0.3) is 0 Å². The summed E-state index contributed by atoms with van der Waals surface area (Å²) < 4.78 is 64.5. The first-order valence-electron chi connectivity index (χ1n) is 7.04. The molecule has 1 atom stereocenters. The van der Waals surface area contributed by atoms with Gasteiger partial charge in [-0.3, -0.25) is 0 Å². The smallest absolute Gasteiger partial charge is 0.416 e. The SMILES string of the molecule is O=C([O-])[C@@H](Cc1ccccc1)NS(=O)(=O)c1cccc(C(F)(F)F)c1. The van der Waals surface area contributed by atoms with Gasteiger partial charge >= 0.3 is 6.18 Å². The Morgan fingerprint density at radius 1 is 1.08 bits per heavy atom. The number of sulfonamides is 1. The average Bonchev–Trinajstić information content (AvgIpc) is 2.54. The first-order valence-corrected chi connectivity index (χ1v) is 8.52. The number of aliphatic carboxylic acids is 1. The van der Waals surface area contributed by atoms with Crippen molar-refractivity contribution < 1.29 is 31.5 Å². The molecule has 0 heterocycles. The molecule has 9 heteroatoms. The van der Waals surface area contributed by atoms with Gasteiger partial charge in [0.05, 0.1) is 22.5 Å². The van der Waals surface area contributed by atoms with Crippen LogP contribution in [0.5, 0.6) is 0 Å². The quantitative estimate of drug-likeness (QED) is 0.829. The molecular weight excluding hydrogens is 359 g/mol. The lowest BCUT2D eigenvalue weighted by Gasteiger charge is -2.20. The summed E-state index contributed by atoms with van der Waals surface area (Å²) in [6.07, 6.45) is -4.93. The van der Waals surface area contributed by atoms with E-state index in [9.17, 15) is 31.5 Å². The lowest BCUT2D eigenvalue weighted by Crippen LogP contribution is -2.49. The minimum absolute atomic E-state index is 0.207. The van der Waals surface area contributed by atoms with E-state index in [2.05, 4.69) is 0 Å². The van der Waals surface area contributed by atoms with Crippen LogP contribution in [0.1, 0.15) is 11.1 Å². The zero-order valence-corrected chi connectivity index (χ0v) is 13.5. The Kier molecular flexibility index (Phi) is 5.48. The number of carbonyl (C=O) groups excluding carboxylic acids is 1. The molecule has 0 radical (unpaired) electrons. The first kappa shape index (κ1) is 18.9. The van der Waals surface area contributed by atoms with E-state index in [1.165, 1.54) is 0 Å². The van der Waals surface area contributed by atoms with Crippen molar-refractivity contribution >= 4 is 16.0 Å². The number of halogens is 3. The van der Waals surface area contributed by atoms with Crippen LogP contribution >= 0.6 is 0 Å². The van der Waals surface area contributed by atoms with Gasteiger partial charge in [-0.15, -0.1) is 0 Å². The maximum absolute atomic E-state index is 12.7. The van der Waals surface area contributed by atoms with Crippen molar-refractivity contribution in [2.45, 2.75) is 23.5 Å². The predicted octanol–water partition coefficient (Wildman–Crippen LogP) is 1.34. The van der Waals surface area contributed by atoms with E-state index in [0.29, 0.717) is 11.6 Å². The number of benzene rings is 2. The number of hydrogen-bond donors (Lipinski definition) is 1. The van der Waals surface area contributed by atoms with Crippen LogP contribution in [-0.2, 0) is 27.4 Å². The molecular formula is C16H13F3NO4S-. The van der Waals surface area contributed by atoms with Gasteiger partial charge in [-0.25, -0.2) is 13.1 Å². The van der Waals surface area contributed by atoms with Crippen LogP contribution in [0.15, 0.2) is 59.5 Å². The van der Waals surface area contributed by atoms with Crippen molar-refractivity contribution in [1.82, 2.24) is 4.72 Å². The van der Waals surface area contributed by atoms with E-state index < -0.39 is 38.7 Å². The third-order valence-electron chi connectivity index (χ3n) is 3.34. The second kappa shape index (κ2) is 7.24. The van der Waals surface area contributed by atoms with E-state index >= 15 is 0 Å². The molecule has 1 N–H and O–H groups in total. The van der Waals surface area contributed by atoms with E-state index in [4.69, 9.17) is 0 Å². The van der Waals surface area contributed by atoms with Crippen LogP contribution in [0, 0.1) is 0 Å². The van der Waals surface area contributed by atoms with E-state index in [1.54, 1.807) is 30.3 Å². The minimum Gasteiger partial charge on any atom is -0.548 e. The number of rotatable bonds is 6. The zero-order valence-electron chi connectivity index (χ0n) is 12.7. The summed E-state index contributed by atoms with van der Waals surface area (Å²) in [7, 11) is -4.48. The fourth-order valence-electron chi connectivity index (χ4n) is 2.12. The van der Waals surface area contributed by atoms with Crippen LogP contribution in [0.25, 0.3) is 0 Å². The molecule has 0 aliphatic carbocycles. The summed E-state index contributed by atoms with van der Waals surface area (Å²) in [5.74, 6) is -1.68. The van der Waals surface area contributed by atoms with Crippen LogP contribution in [0.4, 0.5) is 13.2 Å². The number of carboxylic acids is 1. The number of nitrogens with one attached hydrogen (secondary N) is 1. The Morgan fingerprint density at radius 2 is 1.72 bits per heavy atom. The molecule has 2 rings (SSSR count). The van der Waals surface area contributed by atoms with E-state index in [0.717, 1.165) is 18.2 Å². The van der Waals surface area contributed by atoms with Crippen LogP contribution < -0.4 is 9.83 Å². The molecule has 0 spiro atoms. The molecule has 0 bridgehead atoms. The second-order valence-corrected chi connectivity index (χ2v) is 6.92.